The summed E-state index contributed by atoms with van der Waals surface area (Å²) in [5.74, 6) is 0.467. The Hall–Kier alpha value is 0.160. The van der Waals surface area contributed by atoms with E-state index in [0.29, 0.717) is 18.7 Å². The summed E-state index contributed by atoms with van der Waals surface area (Å²) in [6.07, 6.45) is 1.21. The van der Waals surface area contributed by atoms with Gasteiger partial charge in [-0.15, -0.1) is 11.6 Å². The maximum absolute atomic E-state index is 9.89. The minimum absolute atomic E-state index is 0.00838. The fourth-order valence-corrected chi connectivity index (χ4v) is 0.878. The molecular formula is C4H9ClO4S. The molecule has 0 amide bonds. The van der Waals surface area contributed by atoms with Crippen molar-refractivity contribution in [2.24, 2.45) is 0 Å². The van der Waals surface area contributed by atoms with Crippen LogP contribution < -0.4 is 0 Å². The molecule has 0 saturated heterocycles. The van der Waals surface area contributed by atoms with Gasteiger partial charge in [0.1, 0.15) is 0 Å². The third kappa shape index (κ3) is 8.16. The van der Waals surface area contributed by atoms with Crippen molar-refractivity contribution in [3.63, 3.8) is 0 Å². The van der Waals surface area contributed by atoms with Crippen molar-refractivity contribution in [2.75, 3.05) is 12.5 Å². The third-order valence-electron chi connectivity index (χ3n) is 0.760. The number of alkyl halides is 1. The Morgan fingerprint density at radius 3 is 2.40 bits per heavy atom. The molecule has 0 aliphatic carbocycles. The largest absolute Gasteiger partial charge is 0.397 e. The minimum atomic E-state index is -4.25. The molecule has 6 heteroatoms. The molecule has 0 aliphatic heterocycles. The van der Waals surface area contributed by atoms with Crippen LogP contribution in [0.3, 0.4) is 0 Å². The molecule has 62 valence electrons. The first-order valence-corrected chi connectivity index (χ1v) is 4.64. The molecule has 0 radical (unpaired) electrons. The molecule has 0 aromatic carbocycles. The standard InChI is InChI=1S/C4H9ClO4S/c5-3-1-2-4-9-10(6,7)8/h1-4H2,(H,6,7,8). The Morgan fingerprint density at radius 1 is 1.40 bits per heavy atom. The summed E-state index contributed by atoms with van der Waals surface area (Å²) >= 11 is 5.28. The van der Waals surface area contributed by atoms with Gasteiger partial charge in [-0.05, 0) is 12.8 Å². The first-order valence-electron chi connectivity index (χ1n) is 2.74. The van der Waals surface area contributed by atoms with Gasteiger partial charge in [0.15, 0.2) is 0 Å². The average Bonchev–Trinajstić information content (AvgIpc) is 1.78. The van der Waals surface area contributed by atoms with Crippen LogP contribution in [0.4, 0.5) is 0 Å². The van der Waals surface area contributed by atoms with E-state index in [1.165, 1.54) is 0 Å². The van der Waals surface area contributed by atoms with Crippen LogP contribution in [0.25, 0.3) is 0 Å². The molecule has 4 nitrogen and oxygen atoms in total. The molecule has 0 aromatic heterocycles. The minimum Gasteiger partial charge on any atom is -0.264 e. The highest BCUT2D eigenvalue weighted by Gasteiger charge is 2.01. The number of hydrogen-bond donors (Lipinski definition) is 1. The van der Waals surface area contributed by atoms with Crippen LogP contribution in [0.5, 0.6) is 0 Å². The fourth-order valence-electron chi connectivity index (χ4n) is 0.361. The lowest BCUT2D eigenvalue weighted by atomic mass is 10.4. The van der Waals surface area contributed by atoms with Crippen molar-refractivity contribution < 1.29 is 17.2 Å². The highest BCUT2D eigenvalue weighted by Crippen LogP contribution is 1.94. The Morgan fingerprint density at radius 2 is 2.00 bits per heavy atom. The lowest BCUT2D eigenvalue weighted by Gasteiger charge is -1.96. The summed E-state index contributed by atoms with van der Waals surface area (Å²) in [7, 11) is -4.25. The van der Waals surface area contributed by atoms with Gasteiger partial charge < -0.3 is 0 Å². The lowest BCUT2D eigenvalue weighted by molar-refractivity contribution is 0.264. The highest BCUT2D eigenvalue weighted by molar-refractivity contribution is 7.80. The van der Waals surface area contributed by atoms with Gasteiger partial charge in [-0.3, -0.25) is 4.55 Å². The van der Waals surface area contributed by atoms with Gasteiger partial charge in [-0.25, -0.2) is 4.18 Å². The molecule has 0 unspecified atom stereocenters. The quantitative estimate of drug-likeness (QED) is 0.394. The van der Waals surface area contributed by atoms with Crippen molar-refractivity contribution in [2.45, 2.75) is 12.8 Å². The van der Waals surface area contributed by atoms with Crippen LogP contribution in [0.1, 0.15) is 12.8 Å². The van der Waals surface area contributed by atoms with Crippen LogP contribution in [0.15, 0.2) is 0 Å². The predicted molar refractivity (Wildman–Crippen MR) is 37.5 cm³/mol. The topological polar surface area (TPSA) is 63.6 Å². The summed E-state index contributed by atoms with van der Waals surface area (Å²) in [6.45, 7) is -0.00838. The number of hydrogen-bond acceptors (Lipinski definition) is 3. The Bertz CT molecular complexity index is 164. The summed E-state index contributed by atoms with van der Waals surface area (Å²) in [4.78, 5) is 0. The van der Waals surface area contributed by atoms with Crippen LogP contribution in [0, 0.1) is 0 Å². The van der Waals surface area contributed by atoms with Gasteiger partial charge in [-0.1, -0.05) is 0 Å². The van der Waals surface area contributed by atoms with Gasteiger partial charge in [-0.2, -0.15) is 8.42 Å². The van der Waals surface area contributed by atoms with E-state index in [2.05, 4.69) is 4.18 Å². The molecule has 0 aromatic rings. The zero-order valence-corrected chi connectivity index (χ0v) is 6.86. The summed E-state index contributed by atoms with van der Waals surface area (Å²) in [6, 6.07) is 0. The molecule has 0 atom stereocenters. The molecule has 0 saturated carbocycles. The molecule has 0 bridgehead atoms. The SMILES string of the molecule is O=S(=O)(O)OCCCCCl. The van der Waals surface area contributed by atoms with Crippen molar-refractivity contribution in [3.8, 4) is 0 Å². The van der Waals surface area contributed by atoms with Gasteiger partial charge in [0.2, 0.25) is 0 Å². The molecule has 0 heterocycles. The van der Waals surface area contributed by atoms with Crippen molar-refractivity contribution in [1.82, 2.24) is 0 Å². The van der Waals surface area contributed by atoms with Crippen molar-refractivity contribution in [1.29, 1.82) is 0 Å². The van der Waals surface area contributed by atoms with Crippen LogP contribution in [-0.4, -0.2) is 25.5 Å². The molecule has 10 heavy (non-hydrogen) atoms. The monoisotopic (exact) mass is 188 g/mol. The van der Waals surface area contributed by atoms with Gasteiger partial charge >= 0.3 is 10.4 Å². The van der Waals surface area contributed by atoms with E-state index in [1.54, 1.807) is 0 Å². The maximum Gasteiger partial charge on any atom is 0.397 e. The van der Waals surface area contributed by atoms with E-state index in [1.807, 2.05) is 0 Å². The average molecular weight is 189 g/mol. The lowest BCUT2D eigenvalue weighted by Crippen LogP contribution is -2.04. The zero-order valence-electron chi connectivity index (χ0n) is 5.29. The van der Waals surface area contributed by atoms with Gasteiger partial charge in [0, 0.05) is 5.88 Å². The van der Waals surface area contributed by atoms with Crippen molar-refractivity contribution >= 4 is 22.0 Å². The molecular weight excluding hydrogens is 180 g/mol. The smallest absolute Gasteiger partial charge is 0.264 e. The Kier molecular flexibility index (Phi) is 4.98. The summed E-state index contributed by atoms with van der Waals surface area (Å²) in [5.41, 5.74) is 0. The van der Waals surface area contributed by atoms with Gasteiger partial charge in [0.25, 0.3) is 0 Å². The van der Waals surface area contributed by atoms with Crippen LogP contribution >= 0.6 is 11.6 Å². The van der Waals surface area contributed by atoms with Crippen LogP contribution in [-0.2, 0) is 14.6 Å². The normalized spacial score (nSPS) is 11.8. The summed E-state index contributed by atoms with van der Waals surface area (Å²) in [5, 5.41) is 0. The molecule has 0 aliphatic rings. The molecule has 0 rings (SSSR count). The zero-order chi connectivity index (χ0) is 8.04. The first kappa shape index (κ1) is 10.2. The molecule has 1 N–H and O–H groups in total. The summed E-state index contributed by atoms with van der Waals surface area (Å²) < 4.78 is 31.8. The Labute approximate surface area is 65.1 Å². The molecule has 0 spiro atoms. The molecule has 0 fully saturated rings. The van der Waals surface area contributed by atoms with E-state index in [-0.39, 0.29) is 6.61 Å². The second-order valence-corrected chi connectivity index (χ2v) is 3.11. The highest BCUT2D eigenvalue weighted by atomic mass is 35.5. The Balaban J connectivity index is 3.21. The van der Waals surface area contributed by atoms with Crippen LogP contribution in [0.2, 0.25) is 0 Å². The van der Waals surface area contributed by atoms with Crippen molar-refractivity contribution in [3.05, 3.63) is 0 Å². The number of halogens is 1. The second kappa shape index (κ2) is 4.90. The van der Waals surface area contributed by atoms with E-state index in [4.69, 9.17) is 16.2 Å². The third-order valence-corrected chi connectivity index (χ3v) is 1.49. The fraction of sp³-hybridized carbons (Fsp3) is 1.00. The van der Waals surface area contributed by atoms with E-state index >= 15 is 0 Å². The van der Waals surface area contributed by atoms with Gasteiger partial charge in [0.05, 0.1) is 6.61 Å². The number of unbranched alkanes of at least 4 members (excludes halogenated alkanes) is 1. The number of rotatable bonds is 5. The predicted octanol–water partition coefficient (Wildman–Crippen LogP) is 0.825. The first-order chi connectivity index (χ1) is 4.56. The van der Waals surface area contributed by atoms with E-state index in [9.17, 15) is 8.42 Å². The second-order valence-electron chi connectivity index (χ2n) is 1.65. The van der Waals surface area contributed by atoms with E-state index in [0.717, 1.165) is 0 Å². The van der Waals surface area contributed by atoms with E-state index < -0.39 is 10.4 Å². The maximum atomic E-state index is 9.89.